The minimum absolute atomic E-state index is 0.664. The second kappa shape index (κ2) is 7.92. The van der Waals surface area contributed by atoms with Gasteiger partial charge in [0.15, 0.2) is 11.5 Å². The monoisotopic (exact) mass is 291 g/mol. The normalized spacial score (nSPS) is 10.5. The first-order valence-electron chi connectivity index (χ1n) is 6.85. The molecule has 4 heteroatoms. The highest BCUT2D eigenvalue weighted by Crippen LogP contribution is 2.28. The molecule has 1 N–H and O–H groups in total. The van der Waals surface area contributed by atoms with E-state index in [-0.39, 0.29) is 0 Å². The Labute approximate surface area is 124 Å². The summed E-state index contributed by atoms with van der Waals surface area (Å²) >= 11 is 1.72. The van der Waals surface area contributed by atoms with Gasteiger partial charge >= 0.3 is 0 Å². The third-order valence-electron chi connectivity index (χ3n) is 3.04. The lowest BCUT2D eigenvalue weighted by molar-refractivity contribution is 0.297. The van der Waals surface area contributed by atoms with E-state index in [0.29, 0.717) is 6.61 Å². The molecule has 0 fully saturated rings. The van der Waals surface area contributed by atoms with Crippen LogP contribution in [0.1, 0.15) is 18.1 Å². The summed E-state index contributed by atoms with van der Waals surface area (Å²) in [5.41, 5.74) is 2.52. The van der Waals surface area contributed by atoms with Crippen molar-refractivity contribution in [3.8, 4) is 11.5 Å². The average molecular weight is 291 g/mol. The van der Waals surface area contributed by atoms with Crippen molar-refractivity contribution < 1.29 is 9.47 Å². The number of thiophene rings is 1. The van der Waals surface area contributed by atoms with E-state index in [1.807, 2.05) is 6.07 Å². The summed E-state index contributed by atoms with van der Waals surface area (Å²) in [5, 5.41) is 7.56. The lowest BCUT2D eigenvalue weighted by Gasteiger charge is -2.12. The summed E-state index contributed by atoms with van der Waals surface area (Å²) in [6.07, 6.45) is 0.921. The van der Waals surface area contributed by atoms with Crippen LogP contribution in [0.4, 0.5) is 0 Å². The molecule has 0 radical (unpaired) electrons. The van der Waals surface area contributed by atoms with Crippen molar-refractivity contribution in [3.05, 3.63) is 46.2 Å². The van der Waals surface area contributed by atoms with Crippen molar-refractivity contribution in [1.29, 1.82) is 0 Å². The third-order valence-corrected chi connectivity index (χ3v) is 3.77. The molecule has 108 valence electrons. The van der Waals surface area contributed by atoms with Gasteiger partial charge in [-0.2, -0.15) is 11.3 Å². The number of hydrogen-bond acceptors (Lipinski definition) is 4. The van der Waals surface area contributed by atoms with Crippen LogP contribution in [0.2, 0.25) is 0 Å². The predicted molar refractivity (Wildman–Crippen MR) is 83.9 cm³/mol. The number of hydrogen-bond donors (Lipinski definition) is 1. The van der Waals surface area contributed by atoms with Crippen LogP contribution in [0.3, 0.4) is 0 Å². The van der Waals surface area contributed by atoms with Crippen molar-refractivity contribution in [2.24, 2.45) is 0 Å². The number of nitrogens with one attached hydrogen (secondary N) is 1. The quantitative estimate of drug-likeness (QED) is 0.807. The first-order chi connectivity index (χ1) is 9.83. The van der Waals surface area contributed by atoms with E-state index < -0.39 is 0 Å². The SMILES string of the molecule is CCNCc1ccc(OC)c(OCCc2ccsc2)c1. The molecule has 0 saturated carbocycles. The van der Waals surface area contributed by atoms with Crippen LogP contribution < -0.4 is 14.8 Å². The largest absolute Gasteiger partial charge is 0.493 e. The van der Waals surface area contributed by atoms with Crippen molar-refractivity contribution >= 4 is 11.3 Å². The number of benzene rings is 1. The molecular weight excluding hydrogens is 270 g/mol. The summed E-state index contributed by atoms with van der Waals surface area (Å²) in [6, 6.07) is 8.21. The maximum absolute atomic E-state index is 5.87. The molecule has 2 aromatic rings. The summed E-state index contributed by atoms with van der Waals surface area (Å²) in [7, 11) is 1.67. The van der Waals surface area contributed by atoms with Gasteiger partial charge in [0.1, 0.15) is 0 Å². The van der Waals surface area contributed by atoms with Crippen molar-refractivity contribution in [2.45, 2.75) is 19.9 Å². The Balaban J connectivity index is 1.96. The summed E-state index contributed by atoms with van der Waals surface area (Å²) in [6.45, 7) is 4.57. The highest BCUT2D eigenvalue weighted by molar-refractivity contribution is 7.07. The lowest BCUT2D eigenvalue weighted by atomic mass is 10.2. The van der Waals surface area contributed by atoms with E-state index in [4.69, 9.17) is 9.47 Å². The van der Waals surface area contributed by atoms with Gasteiger partial charge in [0.25, 0.3) is 0 Å². The van der Waals surface area contributed by atoms with E-state index in [2.05, 4.69) is 41.2 Å². The molecule has 0 aliphatic carbocycles. The van der Waals surface area contributed by atoms with Crippen LogP contribution in [-0.4, -0.2) is 20.3 Å². The Morgan fingerprint density at radius 1 is 1.15 bits per heavy atom. The Morgan fingerprint density at radius 2 is 2.05 bits per heavy atom. The fraction of sp³-hybridized carbons (Fsp3) is 0.375. The molecule has 1 aromatic carbocycles. The van der Waals surface area contributed by atoms with Gasteiger partial charge in [0.05, 0.1) is 13.7 Å². The zero-order valence-electron chi connectivity index (χ0n) is 12.0. The first kappa shape index (κ1) is 14.9. The molecule has 0 bridgehead atoms. The van der Waals surface area contributed by atoms with Crippen LogP contribution in [-0.2, 0) is 13.0 Å². The highest BCUT2D eigenvalue weighted by atomic mass is 32.1. The minimum atomic E-state index is 0.664. The maximum atomic E-state index is 5.87. The molecule has 0 aliphatic heterocycles. The fourth-order valence-corrected chi connectivity index (χ4v) is 2.63. The van der Waals surface area contributed by atoms with E-state index in [9.17, 15) is 0 Å². The van der Waals surface area contributed by atoms with Crippen molar-refractivity contribution in [2.75, 3.05) is 20.3 Å². The molecule has 0 amide bonds. The smallest absolute Gasteiger partial charge is 0.161 e. The summed E-state index contributed by atoms with van der Waals surface area (Å²) < 4.78 is 11.2. The van der Waals surface area contributed by atoms with Crippen molar-refractivity contribution in [1.82, 2.24) is 5.32 Å². The zero-order chi connectivity index (χ0) is 14.2. The van der Waals surface area contributed by atoms with Gasteiger partial charge in [-0.25, -0.2) is 0 Å². The zero-order valence-corrected chi connectivity index (χ0v) is 12.8. The van der Waals surface area contributed by atoms with Crippen LogP contribution in [0.25, 0.3) is 0 Å². The van der Waals surface area contributed by atoms with Crippen LogP contribution >= 0.6 is 11.3 Å². The number of methoxy groups -OCH3 is 1. The third kappa shape index (κ3) is 4.25. The van der Waals surface area contributed by atoms with Crippen LogP contribution in [0.15, 0.2) is 35.0 Å². The minimum Gasteiger partial charge on any atom is -0.493 e. The maximum Gasteiger partial charge on any atom is 0.161 e. The molecule has 0 atom stereocenters. The molecule has 0 saturated heterocycles. The molecule has 0 spiro atoms. The molecule has 20 heavy (non-hydrogen) atoms. The summed E-state index contributed by atoms with van der Waals surface area (Å²) in [5.74, 6) is 1.61. The molecule has 1 aromatic heterocycles. The lowest BCUT2D eigenvalue weighted by Crippen LogP contribution is -2.12. The highest BCUT2D eigenvalue weighted by Gasteiger charge is 2.06. The van der Waals surface area contributed by atoms with Gasteiger partial charge in [-0.05, 0) is 46.6 Å². The Kier molecular flexibility index (Phi) is 5.89. The van der Waals surface area contributed by atoms with Gasteiger partial charge in [0.2, 0.25) is 0 Å². The van der Waals surface area contributed by atoms with E-state index in [1.165, 1.54) is 11.1 Å². The Hall–Kier alpha value is -1.52. The van der Waals surface area contributed by atoms with Gasteiger partial charge in [-0.1, -0.05) is 13.0 Å². The molecular formula is C16H21NO2S. The first-order valence-corrected chi connectivity index (χ1v) is 7.79. The number of rotatable bonds is 8. The second-order valence-electron chi connectivity index (χ2n) is 4.50. The second-order valence-corrected chi connectivity index (χ2v) is 5.28. The standard InChI is InChI=1S/C16H21NO2S/c1-3-17-11-14-4-5-15(18-2)16(10-14)19-8-6-13-7-9-20-12-13/h4-5,7,9-10,12,17H,3,6,8,11H2,1-2H3. The molecule has 3 nitrogen and oxygen atoms in total. The Morgan fingerprint density at radius 3 is 2.75 bits per heavy atom. The molecule has 0 aliphatic rings. The van der Waals surface area contributed by atoms with E-state index in [1.54, 1.807) is 18.4 Å². The van der Waals surface area contributed by atoms with Crippen LogP contribution in [0.5, 0.6) is 11.5 Å². The number of ether oxygens (including phenoxy) is 2. The molecule has 1 heterocycles. The van der Waals surface area contributed by atoms with Crippen molar-refractivity contribution in [3.63, 3.8) is 0 Å². The van der Waals surface area contributed by atoms with E-state index >= 15 is 0 Å². The molecule has 0 unspecified atom stereocenters. The van der Waals surface area contributed by atoms with Gasteiger partial charge in [-0.15, -0.1) is 0 Å². The van der Waals surface area contributed by atoms with Gasteiger partial charge in [-0.3, -0.25) is 0 Å². The Bertz CT molecular complexity index is 511. The summed E-state index contributed by atoms with van der Waals surface area (Å²) in [4.78, 5) is 0. The van der Waals surface area contributed by atoms with Crippen LogP contribution in [0, 0.1) is 0 Å². The molecule has 2 rings (SSSR count). The van der Waals surface area contributed by atoms with Gasteiger partial charge < -0.3 is 14.8 Å². The van der Waals surface area contributed by atoms with Gasteiger partial charge in [0, 0.05) is 13.0 Å². The fourth-order valence-electron chi connectivity index (χ4n) is 1.93. The predicted octanol–water partition coefficient (Wildman–Crippen LogP) is 3.49. The van der Waals surface area contributed by atoms with E-state index in [0.717, 1.165) is 31.0 Å². The topological polar surface area (TPSA) is 30.5 Å². The average Bonchev–Trinajstić information content (AvgIpc) is 2.98.